The van der Waals surface area contributed by atoms with Crippen molar-refractivity contribution in [2.24, 2.45) is 0 Å². The molecule has 0 aliphatic carbocycles. The van der Waals surface area contributed by atoms with Gasteiger partial charge in [-0.2, -0.15) is 18.3 Å². The second-order valence-electron chi connectivity index (χ2n) is 9.14. The lowest BCUT2D eigenvalue weighted by molar-refractivity contribution is -0.141. The van der Waals surface area contributed by atoms with Gasteiger partial charge in [0, 0.05) is 37.5 Å². The van der Waals surface area contributed by atoms with Crippen LogP contribution in [0.5, 0.6) is 0 Å². The zero-order valence-electron chi connectivity index (χ0n) is 20.8. The maximum absolute atomic E-state index is 13.5. The molecule has 0 saturated heterocycles. The first-order chi connectivity index (χ1) is 18.4. The molecule has 0 unspecified atom stereocenters. The number of alkyl halides is 3. The van der Waals surface area contributed by atoms with Gasteiger partial charge in [-0.1, -0.05) is 35.9 Å². The summed E-state index contributed by atoms with van der Waals surface area (Å²) in [5, 5.41) is 3.99. The molecule has 4 aromatic rings. The summed E-state index contributed by atoms with van der Waals surface area (Å²) >= 11 is 6.24. The van der Waals surface area contributed by atoms with Crippen molar-refractivity contribution >= 4 is 33.2 Å². The van der Waals surface area contributed by atoms with Gasteiger partial charge in [-0.15, -0.1) is 0 Å². The zero-order chi connectivity index (χ0) is 28.1. The number of hydrogen-bond donors (Lipinski definition) is 0. The number of halogens is 4. The monoisotopic (exact) mass is 574 g/mol. The maximum Gasteiger partial charge on any atom is 0.435 e. The van der Waals surface area contributed by atoms with Crippen LogP contribution in [0.3, 0.4) is 0 Å². The zero-order valence-corrected chi connectivity index (χ0v) is 22.3. The number of aromatic nitrogens is 2. The van der Waals surface area contributed by atoms with E-state index in [0.29, 0.717) is 29.8 Å². The van der Waals surface area contributed by atoms with Crippen molar-refractivity contribution in [2.45, 2.75) is 17.5 Å². The van der Waals surface area contributed by atoms with Gasteiger partial charge in [0.1, 0.15) is 0 Å². The molecule has 3 aromatic carbocycles. The summed E-state index contributed by atoms with van der Waals surface area (Å²) in [5.41, 5.74) is 1.48. The molecule has 0 radical (unpaired) electrons. The van der Waals surface area contributed by atoms with Crippen LogP contribution in [-0.4, -0.2) is 49.1 Å². The van der Waals surface area contributed by atoms with Crippen LogP contribution in [0.15, 0.2) is 77.7 Å². The molecule has 1 aliphatic rings. The van der Waals surface area contributed by atoms with E-state index in [0.717, 1.165) is 20.6 Å². The molecule has 202 valence electrons. The van der Waals surface area contributed by atoms with Crippen molar-refractivity contribution < 1.29 is 26.4 Å². The largest absolute Gasteiger partial charge is 0.435 e. The van der Waals surface area contributed by atoms with E-state index in [1.165, 1.54) is 32.3 Å². The number of nitrogens with zero attached hydrogens (tertiary/aromatic N) is 4. The highest BCUT2D eigenvalue weighted by Crippen LogP contribution is 2.36. The topological polar surface area (TPSA) is 75.5 Å². The standard InChI is InChI=1S/C27H22ClF3N4O3S/c1-33(2)39(37,38)20-11-12-22-19(15-20)13-14-34(22)26(36)18-9-7-17(8-10-18)24-16-25(27(29,30)31)32-35(24)23-6-4-3-5-21(23)28/h3-12,15-16H,13-14H2,1-2H3. The summed E-state index contributed by atoms with van der Waals surface area (Å²) in [6.45, 7) is 0.371. The molecule has 7 nitrogen and oxygen atoms in total. The molecule has 0 spiro atoms. The van der Waals surface area contributed by atoms with Crippen LogP contribution in [0.1, 0.15) is 21.6 Å². The summed E-state index contributed by atoms with van der Waals surface area (Å²) in [6.07, 6.45) is -4.17. The average molecular weight is 575 g/mol. The minimum absolute atomic E-state index is 0.151. The Balaban J connectivity index is 1.46. The van der Waals surface area contributed by atoms with E-state index in [1.54, 1.807) is 53.4 Å². The number of para-hydroxylation sites is 1. The summed E-state index contributed by atoms with van der Waals surface area (Å²) in [5.74, 6) is -0.306. The van der Waals surface area contributed by atoms with Crippen molar-refractivity contribution in [1.29, 1.82) is 0 Å². The second-order valence-corrected chi connectivity index (χ2v) is 11.7. The van der Waals surface area contributed by atoms with E-state index in [1.807, 2.05) is 0 Å². The molecule has 1 amide bonds. The third kappa shape index (κ3) is 4.93. The fourth-order valence-corrected chi connectivity index (χ4v) is 5.60. The summed E-state index contributed by atoms with van der Waals surface area (Å²) in [4.78, 5) is 15.0. The first-order valence-electron chi connectivity index (χ1n) is 11.8. The highest BCUT2D eigenvalue weighted by atomic mass is 35.5. The molecule has 39 heavy (non-hydrogen) atoms. The van der Waals surface area contributed by atoms with Crippen LogP contribution in [-0.2, 0) is 22.6 Å². The van der Waals surface area contributed by atoms with Gasteiger partial charge in [0.25, 0.3) is 5.91 Å². The highest BCUT2D eigenvalue weighted by molar-refractivity contribution is 7.89. The summed E-state index contributed by atoms with van der Waals surface area (Å²) in [6, 6.07) is 18.2. The molecule has 0 atom stereocenters. The number of anilines is 1. The Kier molecular flexibility index (Phi) is 6.78. The van der Waals surface area contributed by atoms with Crippen molar-refractivity contribution in [1.82, 2.24) is 14.1 Å². The van der Waals surface area contributed by atoms with E-state index < -0.39 is 21.9 Å². The van der Waals surface area contributed by atoms with Gasteiger partial charge in [-0.05, 0) is 60.5 Å². The van der Waals surface area contributed by atoms with Crippen LogP contribution in [0, 0.1) is 0 Å². The SMILES string of the molecule is CN(C)S(=O)(=O)c1ccc2c(c1)CCN2C(=O)c1ccc(-c2cc(C(F)(F)F)nn2-c2ccccc2Cl)cc1. The highest BCUT2D eigenvalue weighted by Gasteiger charge is 2.35. The van der Waals surface area contributed by atoms with Crippen molar-refractivity contribution in [3.05, 3.63) is 94.6 Å². The molecule has 5 rings (SSSR count). The molecule has 12 heteroatoms. The maximum atomic E-state index is 13.5. The van der Waals surface area contributed by atoms with Gasteiger partial charge in [0.2, 0.25) is 10.0 Å². The van der Waals surface area contributed by atoms with Crippen LogP contribution in [0.4, 0.5) is 18.9 Å². The predicted molar refractivity (Wildman–Crippen MR) is 142 cm³/mol. The Morgan fingerprint density at radius 2 is 1.67 bits per heavy atom. The smallest absolute Gasteiger partial charge is 0.308 e. The van der Waals surface area contributed by atoms with Crippen molar-refractivity contribution in [3.63, 3.8) is 0 Å². The Morgan fingerprint density at radius 1 is 0.974 bits per heavy atom. The number of amides is 1. The Bertz CT molecular complexity index is 1680. The van der Waals surface area contributed by atoms with Crippen molar-refractivity contribution in [2.75, 3.05) is 25.5 Å². The van der Waals surface area contributed by atoms with Crippen LogP contribution in [0.25, 0.3) is 16.9 Å². The fourth-order valence-electron chi connectivity index (χ4n) is 4.43. The van der Waals surface area contributed by atoms with E-state index in [4.69, 9.17) is 11.6 Å². The first-order valence-corrected chi connectivity index (χ1v) is 13.6. The quantitative estimate of drug-likeness (QED) is 0.308. The van der Waals surface area contributed by atoms with Crippen LogP contribution >= 0.6 is 11.6 Å². The molecule has 0 saturated carbocycles. The molecular formula is C27H22ClF3N4O3S. The predicted octanol–water partition coefficient (Wildman–Crippen LogP) is 5.66. The number of carbonyl (C=O) groups excluding carboxylic acids is 1. The minimum atomic E-state index is -4.66. The Morgan fingerprint density at radius 3 is 2.31 bits per heavy atom. The molecule has 1 aromatic heterocycles. The molecular weight excluding hydrogens is 553 g/mol. The van der Waals surface area contributed by atoms with E-state index in [2.05, 4.69) is 5.10 Å². The van der Waals surface area contributed by atoms with Gasteiger partial charge in [0.05, 0.1) is 21.3 Å². The van der Waals surface area contributed by atoms with Gasteiger partial charge in [-0.25, -0.2) is 17.4 Å². The third-order valence-electron chi connectivity index (χ3n) is 6.48. The summed E-state index contributed by atoms with van der Waals surface area (Å²) < 4.78 is 67.8. The lowest BCUT2D eigenvalue weighted by atomic mass is 10.1. The molecule has 0 bridgehead atoms. The number of fused-ring (bicyclic) bond motifs is 1. The van der Waals surface area contributed by atoms with E-state index >= 15 is 0 Å². The second kappa shape index (κ2) is 9.82. The van der Waals surface area contributed by atoms with Gasteiger partial charge in [-0.3, -0.25) is 4.79 Å². The summed E-state index contributed by atoms with van der Waals surface area (Å²) in [7, 11) is -0.706. The van der Waals surface area contributed by atoms with Gasteiger partial charge in [0.15, 0.2) is 5.69 Å². The molecule has 0 N–H and O–H groups in total. The van der Waals surface area contributed by atoms with Crippen LogP contribution in [0.2, 0.25) is 5.02 Å². The number of carbonyl (C=O) groups is 1. The molecule has 1 aliphatic heterocycles. The van der Waals surface area contributed by atoms with E-state index in [-0.39, 0.29) is 27.2 Å². The van der Waals surface area contributed by atoms with Gasteiger partial charge >= 0.3 is 6.18 Å². The average Bonchev–Trinajstić information content (AvgIpc) is 3.53. The number of rotatable bonds is 5. The van der Waals surface area contributed by atoms with Gasteiger partial charge < -0.3 is 4.90 Å². The lowest BCUT2D eigenvalue weighted by Gasteiger charge is -2.18. The Labute approximate surface area is 228 Å². The normalized spacial score (nSPS) is 13.7. The first kappa shape index (κ1) is 26.9. The van der Waals surface area contributed by atoms with Crippen LogP contribution < -0.4 is 4.90 Å². The van der Waals surface area contributed by atoms with E-state index in [9.17, 15) is 26.4 Å². The number of benzene rings is 3. The third-order valence-corrected chi connectivity index (χ3v) is 8.61. The molecule has 2 heterocycles. The fraction of sp³-hybridized carbons (Fsp3) is 0.185. The number of hydrogen-bond acceptors (Lipinski definition) is 4. The number of sulfonamides is 1. The minimum Gasteiger partial charge on any atom is -0.308 e. The lowest BCUT2D eigenvalue weighted by Crippen LogP contribution is -2.28. The Hall–Kier alpha value is -3.67. The van der Waals surface area contributed by atoms with Crippen molar-refractivity contribution in [3.8, 4) is 16.9 Å². The molecule has 0 fully saturated rings.